The van der Waals surface area contributed by atoms with E-state index in [0.717, 1.165) is 22.5 Å². The number of halogens is 1. The number of ether oxygens (including phenoxy) is 1. The first kappa shape index (κ1) is 28.1. The van der Waals surface area contributed by atoms with Crippen LogP contribution in [0, 0.1) is 5.82 Å². The molecule has 0 bridgehead atoms. The summed E-state index contributed by atoms with van der Waals surface area (Å²) in [6.45, 7) is 4.36. The van der Waals surface area contributed by atoms with Gasteiger partial charge in [-0.3, -0.25) is 13.9 Å². The Balaban J connectivity index is 2.16. The third kappa shape index (κ3) is 8.54. The van der Waals surface area contributed by atoms with Crippen LogP contribution in [0.25, 0.3) is 0 Å². The molecule has 0 radical (unpaired) electrons. The maximum absolute atomic E-state index is 13.3. The molecule has 1 unspecified atom stereocenters. The fourth-order valence-electron chi connectivity index (χ4n) is 3.56. The number of hydrogen-bond donors (Lipinski definition) is 1. The lowest BCUT2D eigenvalue weighted by molar-refractivity contribution is -0.140. The van der Waals surface area contributed by atoms with Crippen molar-refractivity contribution in [2.75, 3.05) is 30.8 Å². The van der Waals surface area contributed by atoms with Crippen LogP contribution in [0.3, 0.4) is 0 Å². The zero-order valence-corrected chi connectivity index (χ0v) is 21.5. The van der Waals surface area contributed by atoms with Gasteiger partial charge in [-0.1, -0.05) is 19.1 Å². The van der Waals surface area contributed by atoms with Gasteiger partial charge >= 0.3 is 0 Å². The summed E-state index contributed by atoms with van der Waals surface area (Å²) in [4.78, 5) is 27.4. The molecule has 2 rings (SSSR count). The minimum Gasteiger partial charge on any atom is -0.497 e. The van der Waals surface area contributed by atoms with E-state index in [1.54, 1.807) is 26.2 Å². The fraction of sp³-hybridized carbons (Fsp3) is 0.440. The van der Waals surface area contributed by atoms with Crippen molar-refractivity contribution in [3.8, 4) is 5.75 Å². The molecule has 0 aliphatic rings. The van der Waals surface area contributed by atoms with Gasteiger partial charge < -0.3 is 15.0 Å². The van der Waals surface area contributed by atoms with Crippen molar-refractivity contribution >= 4 is 27.5 Å². The lowest BCUT2D eigenvalue weighted by Gasteiger charge is -2.29. The average Bonchev–Trinajstić information content (AvgIpc) is 2.83. The number of nitrogens with zero attached hydrogens (tertiary/aromatic N) is 2. The summed E-state index contributed by atoms with van der Waals surface area (Å²) < 4.78 is 44.3. The standard InChI is InChI=1S/C25H34FN3O5S/c1-5-15-27-25(31)19(2)28(18-20-8-6-9-23(17-20)34-3)24(30)10-7-16-29(35(4,32)33)22-13-11-21(26)12-14-22/h6,8-9,11-14,17,19H,5,7,10,15-16,18H2,1-4H3,(H,27,31). The summed E-state index contributed by atoms with van der Waals surface area (Å²) in [7, 11) is -2.08. The largest absolute Gasteiger partial charge is 0.497 e. The predicted octanol–water partition coefficient (Wildman–Crippen LogP) is 3.32. The number of rotatable bonds is 13. The van der Waals surface area contributed by atoms with Gasteiger partial charge in [0.15, 0.2) is 0 Å². The highest BCUT2D eigenvalue weighted by Crippen LogP contribution is 2.20. The first-order valence-corrected chi connectivity index (χ1v) is 13.3. The summed E-state index contributed by atoms with van der Waals surface area (Å²) in [5.74, 6) is -0.367. The van der Waals surface area contributed by atoms with E-state index in [0.29, 0.717) is 18.0 Å². The number of sulfonamides is 1. The van der Waals surface area contributed by atoms with Crippen LogP contribution in [0.4, 0.5) is 10.1 Å². The molecule has 2 aromatic rings. The van der Waals surface area contributed by atoms with E-state index < -0.39 is 21.9 Å². The van der Waals surface area contributed by atoms with E-state index in [4.69, 9.17) is 4.74 Å². The van der Waals surface area contributed by atoms with Gasteiger partial charge in [0.2, 0.25) is 21.8 Å². The maximum Gasteiger partial charge on any atom is 0.242 e. The van der Waals surface area contributed by atoms with E-state index in [1.807, 2.05) is 19.1 Å². The molecule has 0 fully saturated rings. The molecule has 2 aromatic carbocycles. The molecule has 0 saturated carbocycles. The fourth-order valence-corrected chi connectivity index (χ4v) is 4.52. The molecule has 0 aliphatic carbocycles. The normalized spacial score (nSPS) is 12.0. The SMILES string of the molecule is CCCNC(=O)C(C)N(Cc1cccc(OC)c1)C(=O)CCCN(c1ccc(F)cc1)S(C)(=O)=O. The van der Waals surface area contributed by atoms with E-state index in [9.17, 15) is 22.4 Å². The number of anilines is 1. The molecule has 0 heterocycles. The van der Waals surface area contributed by atoms with Crippen molar-refractivity contribution in [3.63, 3.8) is 0 Å². The van der Waals surface area contributed by atoms with Crippen LogP contribution in [-0.2, 0) is 26.2 Å². The van der Waals surface area contributed by atoms with Crippen molar-refractivity contribution in [2.24, 2.45) is 0 Å². The van der Waals surface area contributed by atoms with Gasteiger partial charge in [0.05, 0.1) is 19.1 Å². The molecule has 0 spiro atoms. The Morgan fingerprint density at radius 1 is 1.14 bits per heavy atom. The van der Waals surface area contributed by atoms with E-state index >= 15 is 0 Å². The zero-order chi connectivity index (χ0) is 26.0. The monoisotopic (exact) mass is 507 g/mol. The van der Waals surface area contributed by atoms with Crippen LogP contribution in [-0.4, -0.2) is 57.6 Å². The first-order chi connectivity index (χ1) is 16.6. The summed E-state index contributed by atoms with van der Waals surface area (Å²) in [5, 5.41) is 2.82. The number of nitrogens with one attached hydrogen (secondary N) is 1. The second-order valence-corrected chi connectivity index (χ2v) is 10.2. The highest BCUT2D eigenvalue weighted by Gasteiger charge is 2.26. The maximum atomic E-state index is 13.3. The second-order valence-electron chi connectivity index (χ2n) is 8.26. The van der Waals surface area contributed by atoms with E-state index in [2.05, 4.69) is 5.32 Å². The lowest BCUT2D eigenvalue weighted by Crippen LogP contribution is -2.47. The number of benzene rings is 2. The predicted molar refractivity (Wildman–Crippen MR) is 134 cm³/mol. The summed E-state index contributed by atoms with van der Waals surface area (Å²) in [6, 6.07) is 11.7. The summed E-state index contributed by atoms with van der Waals surface area (Å²) >= 11 is 0. The van der Waals surface area contributed by atoms with Crippen molar-refractivity contribution in [2.45, 2.75) is 45.7 Å². The first-order valence-electron chi connectivity index (χ1n) is 11.5. The Hall–Kier alpha value is -3.14. The number of amides is 2. The third-order valence-corrected chi connectivity index (χ3v) is 6.66. The average molecular weight is 508 g/mol. The molecular formula is C25H34FN3O5S. The van der Waals surface area contributed by atoms with Crippen molar-refractivity contribution in [3.05, 3.63) is 59.9 Å². The van der Waals surface area contributed by atoms with Gasteiger partial charge in [-0.25, -0.2) is 12.8 Å². The highest BCUT2D eigenvalue weighted by molar-refractivity contribution is 7.92. The van der Waals surface area contributed by atoms with Gasteiger partial charge in [-0.05, 0) is 61.7 Å². The molecule has 1 atom stereocenters. The highest BCUT2D eigenvalue weighted by atomic mass is 32.2. The van der Waals surface area contributed by atoms with Gasteiger partial charge in [-0.15, -0.1) is 0 Å². The van der Waals surface area contributed by atoms with Crippen molar-refractivity contribution in [1.82, 2.24) is 10.2 Å². The minimum atomic E-state index is -3.64. The van der Waals surface area contributed by atoms with Gasteiger partial charge in [0.25, 0.3) is 0 Å². The molecule has 10 heteroatoms. The Morgan fingerprint density at radius 3 is 2.43 bits per heavy atom. The Morgan fingerprint density at radius 2 is 1.83 bits per heavy atom. The molecule has 0 aromatic heterocycles. The Kier molecular flexibility index (Phi) is 10.5. The molecule has 1 N–H and O–H groups in total. The topological polar surface area (TPSA) is 96.0 Å². The molecule has 192 valence electrons. The van der Waals surface area contributed by atoms with E-state index in [1.165, 1.54) is 29.2 Å². The van der Waals surface area contributed by atoms with Crippen LogP contribution < -0.4 is 14.4 Å². The van der Waals surface area contributed by atoms with Gasteiger partial charge in [0, 0.05) is 26.1 Å². The molecular weight excluding hydrogens is 473 g/mol. The third-order valence-electron chi connectivity index (χ3n) is 5.47. The summed E-state index contributed by atoms with van der Waals surface area (Å²) in [5.41, 5.74) is 1.12. The van der Waals surface area contributed by atoms with E-state index in [-0.39, 0.29) is 37.7 Å². The number of methoxy groups -OCH3 is 1. The molecule has 2 amide bonds. The van der Waals surface area contributed by atoms with Crippen LogP contribution in [0.2, 0.25) is 0 Å². The molecule has 0 aliphatic heterocycles. The van der Waals surface area contributed by atoms with Gasteiger partial charge in [0.1, 0.15) is 17.6 Å². The van der Waals surface area contributed by atoms with Crippen LogP contribution >= 0.6 is 0 Å². The quantitative estimate of drug-likeness (QED) is 0.449. The summed E-state index contributed by atoms with van der Waals surface area (Å²) in [6.07, 6.45) is 2.09. The van der Waals surface area contributed by atoms with Crippen LogP contribution in [0.1, 0.15) is 38.7 Å². The lowest BCUT2D eigenvalue weighted by atomic mass is 10.1. The van der Waals surface area contributed by atoms with Crippen LogP contribution in [0.15, 0.2) is 48.5 Å². The molecule has 0 saturated heterocycles. The second kappa shape index (κ2) is 13.1. The van der Waals surface area contributed by atoms with Crippen LogP contribution in [0.5, 0.6) is 5.75 Å². The number of carbonyl (C=O) groups is 2. The van der Waals surface area contributed by atoms with Crippen molar-refractivity contribution in [1.29, 1.82) is 0 Å². The molecule has 35 heavy (non-hydrogen) atoms. The minimum absolute atomic E-state index is 0.0303. The van der Waals surface area contributed by atoms with Gasteiger partial charge in [-0.2, -0.15) is 0 Å². The number of carbonyl (C=O) groups excluding carboxylic acids is 2. The smallest absolute Gasteiger partial charge is 0.242 e. The Bertz CT molecular complexity index is 1090. The Labute approximate surface area is 207 Å². The van der Waals surface area contributed by atoms with Crippen molar-refractivity contribution < 1.29 is 27.1 Å². The number of hydrogen-bond acceptors (Lipinski definition) is 5. The molecule has 8 nitrogen and oxygen atoms in total. The zero-order valence-electron chi connectivity index (χ0n) is 20.7.